The van der Waals surface area contributed by atoms with Crippen molar-refractivity contribution < 1.29 is 32.2 Å². The van der Waals surface area contributed by atoms with Crippen LogP contribution in [0.1, 0.15) is 16.7 Å². The quantitative estimate of drug-likeness (QED) is 0.731. The lowest BCUT2D eigenvalue weighted by Crippen LogP contribution is -2.15. The highest BCUT2D eigenvalue weighted by atomic mass is 19.4. The van der Waals surface area contributed by atoms with Gasteiger partial charge in [-0.15, -0.1) is 0 Å². The molecular formula is C18H17F3O4. The van der Waals surface area contributed by atoms with E-state index in [0.717, 1.165) is 17.7 Å². The fraction of sp³-hybridized carbons (Fsp3) is 0.278. The minimum absolute atomic E-state index is 0.134. The molecule has 0 atom stereocenters. The van der Waals surface area contributed by atoms with Crippen molar-refractivity contribution in [2.75, 3.05) is 13.7 Å². The maximum Gasteiger partial charge on any atom is 0.416 e. The van der Waals surface area contributed by atoms with Crippen LogP contribution in [0.25, 0.3) is 0 Å². The van der Waals surface area contributed by atoms with E-state index in [-0.39, 0.29) is 13.2 Å². The number of rotatable bonds is 6. The molecule has 0 aliphatic heterocycles. The second-order valence-electron chi connectivity index (χ2n) is 5.30. The summed E-state index contributed by atoms with van der Waals surface area (Å²) < 4.78 is 52.9. The lowest BCUT2D eigenvalue weighted by molar-refractivity contribution is -0.147. The van der Waals surface area contributed by atoms with E-state index in [0.29, 0.717) is 17.1 Å². The molecule has 0 amide bonds. The summed E-state index contributed by atoms with van der Waals surface area (Å²) in [7, 11) is 1.49. The zero-order valence-corrected chi connectivity index (χ0v) is 13.7. The van der Waals surface area contributed by atoms with Crippen LogP contribution in [0.4, 0.5) is 13.2 Å². The number of methoxy groups -OCH3 is 1. The van der Waals surface area contributed by atoms with Gasteiger partial charge in [0.1, 0.15) is 6.61 Å². The summed E-state index contributed by atoms with van der Waals surface area (Å²) in [4.78, 5) is 11.7. The molecule has 0 fully saturated rings. The van der Waals surface area contributed by atoms with Gasteiger partial charge in [0.25, 0.3) is 0 Å². The Morgan fingerprint density at radius 1 is 1.04 bits per heavy atom. The van der Waals surface area contributed by atoms with E-state index in [2.05, 4.69) is 0 Å². The standard InChI is InChI=1S/C18H17F3O4/c1-12-3-8-15(16(9-12)23-2)24-11-17(22)25-10-13-4-6-14(7-5-13)18(19,20)21/h3-9H,10-11H2,1-2H3. The van der Waals surface area contributed by atoms with Crippen LogP contribution in [0.3, 0.4) is 0 Å². The van der Waals surface area contributed by atoms with Crippen molar-refractivity contribution >= 4 is 5.97 Å². The van der Waals surface area contributed by atoms with Crippen molar-refractivity contribution in [3.05, 3.63) is 59.2 Å². The Morgan fingerprint density at radius 3 is 2.32 bits per heavy atom. The summed E-state index contributed by atoms with van der Waals surface area (Å²) in [5.41, 5.74) is 0.681. The third kappa shape index (κ3) is 5.41. The lowest BCUT2D eigenvalue weighted by atomic mass is 10.1. The van der Waals surface area contributed by atoms with E-state index < -0.39 is 17.7 Å². The van der Waals surface area contributed by atoms with E-state index in [1.165, 1.54) is 19.2 Å². The van der Waals surface area contributed by atoms with Crippen LogP contribution in [0.5, 0.6) is 11.5 Å². The Balaban J connectivity index is 1.85. The topological polar surface area (TPSA) is 44.8 Å². The van der Waals surface area contributed by atoms with Gasteiger partial charge < -0.3 is 14.2 Å². The summed E-state index contributed by atoms with van der Waals surface area (Å²) in [6.45, 7) is 1.43. The van der Waals surface area contributed by atoms with E-state index >= 15 is 0 Å². The average Bonchev–Trinajstić information content (AvgIpc) is 2.58. The molecule has 0 unspecified atom stereocenters. The molecule has 7 heteroatoms. The summed E-state index contributed by atoms with van der Waals surface area (Å²) in [5, 5.41) is 0. The molecule has 2 rings (SSSR count). The van der Waals surface area contributed by atoms with Gasteiger partial charge >= 0.3 is 12.1 Å². The fourth-order valence-electron chi connectivity index (χ4n) is 2.03. The molecule has 0 bridgehead atoms. The highest BCUT2D eigenvalue weighted by molar-refractivity contribution is 5.71. The highest BCUT2D eigenvalue weighted by Crippen LogP contribution is 2.29. The second-order valence-corrected chi connectivity index (χ2v) is 5.30. The first kappa shape index (κ1) is 18.6. The number of alkyl halides is 3. The number of benzene rings is 2. The highest BCUT2D eigenvalue weighted by Gasteiger charge is 2.29. The molecule has 0 aliphatic carbocycles. The lowest BCUT2D eigenvalue weighted by Gasteiger charge is -2.11. The van der Waals surface area contributed by atoms with E-state index in [9.17, 15) is 18.0 Å². The zero-order valence-electron chi connectivity index (χ0n) is 13.7. The number of carbonyl (C=O) groups is 1. The maximum absolute atomic E-state index is 12.5. The van der Waals surface area contributed by atoms with Crippen LogP contribution in [0, 0.1) is 6.92 Å². The third-order valence-electron chi connectivity index (χ3n) is 3.35. The Labute approximate surface area is 143 Å². The van der Waals surface area contributed by atoms with Gasteiger partial charge in [0.2, 0.25) is 0 Å². The molecule has 2 aromatic carbocycles. The van der Waals surface area contributed by atoms with Gasteiger partial charge in [0.15, 0.2) is 18.1 Å². The molecule has 0 aliphatic rings. The molecule has 0 saturated carbocycles. The van der Waals surface area contributed by atoms with Crippen LogP contribution in [0.15, 0.2) is 42.5 Å². The smallest absolute Gasteiger partial charge is 0.416 e. The van der Waals surface area contributed by atoms with Crippen molar-refractivity contribution in [2.45, 2.75) is 19.7 Å². The molecule has 0 radical (unpaired) electrons. The van der Waals surface area contributed by atoms with Crippen molar-refractivity contribution in [3.8, 4) is 11.5 Å². The Bertz CT molecular complexity index is 724. The Morgan fingerprint density at radius 2 is 1.72 bits per heavy atom. The average molecular weight is 354 g/mol. The summed E-state index contributed by atoms with van der Waals surface area (Å²) in [6.07, 6.45) is -4.39. The van der Waals surface area contributed by atoms with Gasteiger partial charge in [-0.1, -0.05) is 18.2 Å². The molecule has 0 saturated heterocycles. The van der Waals surface area contributed by atoms with Crippen LogP contribution < -0.4 is 9.47 Å². The molecule has 25 heavy (non-hydrogen) atoms. The van der Waals surface area contributed by atoms with Crippen LogP contribution >= 0.6 is 0 Å². The number of aryl methyl sites for hydroxylation is 1. The minimum atomic E-state index is -4.39. The van der Waals surface area contributed by atoms with E-state index in [4.69, 9.17) is 14.2 Å². The monoisotopic (exact) mass is 354 g/mol. The van der Waals surface area contributed by atoms with E-state index in [1.54, 1.807) is 12.1 Å². The first-order valence-corrected chi connectivity index (χ1v) is 7.39. The zero-order chi connectivity index (χ0) is 18.4. The fourth-order valence-corrected chi connectivity index (χ4v) is 2.03. The first-order valence-electron chi connectivity index (χ1n) is 7.39. The summed E-state index contributed by atoms with van der Waals surface area (Å²) in [6, 6.07) is 9.67. The number of halogens is 3. The third-order valence-corrected chi connectivity index (χ3v) is 3.35. The van der Waals surface area contributed by atoms with Gasteiger partial charge in [0.05, 0.1) is 12.7 Å². The predicted molar refractivity (Wildman–Crippen MR) is 84.5 cm³/mol. The molecule has 0 aromatic heterocycles. The minimum Gasteiger partial charge on any atom is -0.493 e. The number of esters is 1. The van der Waals surface area contributed by atoms with Crippen molar-refractivity contribution in [2.24, 2.45) is 0 Å². The SMILES string of the molecule is COc1cc(C)ccc1OCC(=O)OCc1ccc(C(F)(F)F)cc1. The van der Waals surface area contributed by atoms with Crippen molar-refractivity contribution in [1.29, 1.82) is 0 Å². The van der Waals surface area contributed by atoms with E-state index in [1.807, 2.05) is 13.0 Å². The van der Waals surface area contributed by atoms with Gasteiger partial charge in [-0.3, -0.25) is 0 Å². The van der Waals surface area contributed by atoms with Crippen LogP contribution in [-0.4, -0.2) is 19.7 Å². The number of ether oxygens (including phenoxy) is 3. The van der Waals surface area contributed by atoms with Gasteiger partial charge in [-0.05, 0) is 42.3 Å². The molecule has 0 spiro atoms. The largest absolute Gasteiger partial charge is 0.493 e. The molecule has 2 aromatic rings. The first-order chi connectivity index (χ1) is 11.8. The molecule has 0 heterocycles. The normalized spacial score (nSPS) is 11.1. The van der Waals surface area contributed by atoms with Crippen molar-refractivity contribution in [3.63, 3.8) is 0 Å². The van der Waals surface area contributed by atoms with Gasteiger partial charge in [-0.2, -0.15) is 13.2 Å². The molecular weight excluding hydrogens is 337 g/mol. The number of hydrogen-bond acceptors (Lipinski definition) is 4. The number of carbonyl (C=O) groups excluding carboxylic acids is 1. The summed E-state index contributed by atoms with van der Waals surface area (Å²) >= 11 is 0. The van der Waals surface area contributed by atoms with Crippen LogP contribution in [-0.2, 0) is 22.3 Å². The maximum atomic E-state index is 12.5. The summed E-state index contributed by atoms with van der Waals surface area (Å²) in [5.74, 6) is 0.262. The second kappa shape index (κ2) is 7.92. The van der Waals surface area contributed by atoms with Crippen molar-refractivity contribution in [1.82, 2.24) is 0 Å². The Hall–Kier alpha value is -2.70. The Kier molecular flexibility index (Phi) is 5.90. The van der Waals surface area contributed by atoms with Crippen LogP contribution in [0.2, 0.25) is 0 Å². The predicted octanol–water partition coefficient (Wildman–Crippen LogP) is 4.14. The molecule has 134 valence electrons. The molecule has 4 nitrogen and oxygen atoms in total. The van der Waals surface area contributed by atoms with Gasteiger partial charge in [0, 0.05) is 0 Å². The molecule has 0 N–H and O–H groups in total. The van der Waals surface area contributed by atoms with Gasteiger partial charge in [-0.25, -0.2) is 4.79 Å². The number of hydrogen-bond donors (Lipinski definition) is 0.